The Bertz CT molecular complexity index is 921. The third kappa shape index (κ3) is 4.41. The first-order valence-electron chi connectivity index (χ1n) is 9.52. The van der Waals surface area contributed by atoms with Crippen LogP contribution in [0.4, 0.5) is 0 Å². The summed E-state index contributed by atoms with van der Waals surface area (Å²) in [6.45, 7) is 0. The Morgan fingerprint density at radius 2 is 0.828 bits per heavy atom. The van der Waals surface area contributed by atoms with Crippen LogP contribution in [0.15, 0.2) is 115 Å². The highest BCUT2D eigenvalue weighted by molar-refractivity contribution is 7.95. The molecular weight excluding hydrogens is 414 g/mol. The molecule has 0 saturated heterocycles. The van der Waals surface area contributed by atoms with Crippen molar-refractivity contribution in [3.63, 3.8) is 0 Å². The summed E-state index contributed by atoms with van der Waals surface area (Å²) in [4.78, 5) is 0. The maximum absolute atomic E-state index is 6.31. The lowest BCUT2D eigenvalue weighted by Gasteiger charge is -2.28. The molecule has 4 rings (SSSR count). The number of benzene rings is 4. The second-order valence-corrected chi connectivity index (χ2v) is 10.6. The fourth-order valence-corrected chi connectivity index (χ4v) is 8.43. The molecule has 0 spiro atoms. The minimum absolute atomic E-state index is 0. The SMILES string of the molecule is ClCc1ccccc1C[P+](c1ccccc1)(c1ccccc1)c1ccccc1.[Cl-]. The summed E-state index contributed by atoms with van der Waals surface area (Å²) < 4.78 is 0. The monoisotopic (exact) mass is 436 g/mol. The van der Waals surface area contributed by atoms with Gasteiger partial charge in [-0.25, -0.2) is 0 Å². The normalized spacial score (nSPS) is 10.9. The van der Waals surface area contributed by atoms with Crippen molar-refractivity contribution in [1.82, 2.24) is 0 Å². The van der Waals surface area contributed by atoms with E-state index in [1.807, 2.05) is 0 Å². The quantitative estimate of drug-likeness (QED) is 0.322. The molecule has 0 aliphatic rings. The Labute approximate surface area is 185 Å². The zero-order valence-electron chi connectivity index (χ0n) is 16.1. The van der Waals surface area contributed by atoms with Crippen molar-refractivity contribution in [2.75, 3.05) is 0 Å². The summed E-state index contributed by atoms with van der Waals surface area (Å²) in [5.74, 6) is 0.536. The third-order valence-electron chi connectivity index (χ3n) is 5.26. The number of rotatable bonds is 6. The molecule has 0 nitrogen and oxygen atoms in total. The third-order valence-corrected chi connectivity index (χ3v) is 9.90. The van der Waals surface area contributed by atoms with Crippen LogP contribution in [0.3, 0.4) is 0 Å². The summed E-state index contributed by atoms with van der Waals surface area (Å²) in [6.07, 6.45) is 0.966. The van der Waals surface area contributed by atoms with Crippen molar-refractivity contribution in [2.45, 2.75) is 12.0 Å². The number of hydrogen-bond donors (Lipinski definition) is 0. The molecule has 0 aromatic heterocycles. The highest BCUT2D eigenvalue weighted by Gasteiger charge is 2.45. The first-order valence-corrected chi connectivity index (χ1v) is 12.0. The van der Waals surface area contributed by atoms with Crippen LogP contribution in [0.5, 0.6) is 0 Å². The van der Waals surface area contributed by atoms with Gasteiger partial charge in [-0.15, -0.1) is 11.6 Å². The van der Waals surface area contributed by atoms with Gasteiger partial charge in [0.25, 0.3) is 0 Å². The van der Waals surface area contributed by atoms with Gasteiger partial charge in [-0.05, 0) is 47.5 Å². The molecule has 4 aromatic rings. The zero-order valence-corrected chi connectivity index (χ0v) is 18.5. The van der Waals surface area contributed by atoms with Crippen LogP contribution >= 0.6 is 18.9 Å². The highest BCUT2D eigenvalue weighted by atomic mass is 35.5. The lowest BCUT2D eigenvalue weighted by molar-refractivity contribution is -0.00000537. The van der Waals surface area contributed by atoms with E-state index in [1.54, 1.807) is 0 Å². The van der Waals surface area contributed by atoms with Gasteiger partial charge < -0.3 is 12.4 Å². The van der Waals surface area contributed by atoms with Crippen molar-refractivity contribution in [3.05, 3.63) is 126 Å². The lowest BCUT2D eigenvalue weighted by atomic mass is 10.1. The summed E-state index contributed by atoms with van der Waals surface area (Å²) in [5, 5.41) is 4.20. The average Bonchev–Trinajstić information content (AvgIpc) is 2.79. The average molecular weight is 437 g/mol. The minimum Gasteiger partial charge on any atom is -1.00 e. The molecular formula is C26H23Cl2P. The van der Waals surface area contributed by atoms with Crippen LogP contribution in [-0.4, -0.2) is 0 Å². The number of hydrogen-bond acceptors (Lipinski definition) is 0. The minimum atomic E-state index is -1.87. The molecule has 0 atom stereocenters. The van der Waals surface area contributed by atoms with E-state index >= 15 is 0 Å². The molecule has 4 aromatic carbocycles. The summed E-state index contributed by atoms with van der Waals surface area (Å²) in [5.41, 5.74) is 2.55. The molecule has 0 aliphatic heterocycles. The van der Waals surface area contributed by atoms with E-state index in [0.29, 0.717) is 5.88 Å². The molecule has 29 heavy (non-hydrogen) atoms. The van der Waals surface area contributed by atoms with E-state index in [0.717, 1.165) is 6.16 Å². The molecule has 0 bridgehead atoms. The number of alkyl halides is 1. The van der Waals surface area contributed by atoms with Crippen LogP contribution < -0.4 is 28.3 Å². The summed E-state index contributed by atoms with van der Waals surface area (Å²) >= 11 is 6.31. The van der Waals surface area contributed by atoms with Crippen molar-refractivity contribution in [3.8, 4) is 0 Å². The van der Waals surface area contributed by atoms with Gasteiger partial charge in [0.05, 0.1) is 6.16 Å². The van der Waals surface area contributed by atoms with Crippen molar-refractivity contribution in [1.29, 1.82) is 0 Å². The van der Waals surface area contributed by atoms with Gasteiger partial charge >= 0.3 is 0 Å². The van der Waals surface area contributed by atoms with E-state index in [1.165, 1.54) is 27.0 Å². The Kier molecular flexibility index (Phi) is 7.51. The van der Waals surface area contributed by atoms with Gasteiger partial charge in [0.15, 0.2) is 0 Å². The van der Waals surface area contributed by atoms with Gasteiger partial charge in [-0.3, -0.25) is 0 Å². The fraction of sp³-hybridized carbons (Fsp3) is 0.0769. The standard InChI is InChI=1S/C26H23ClP.ClH/c27-20-22-12-10-11-13-23(22)21-28(24-14-4-1-5-15-24,25-16-6-2-7-17-25)26-18-8-3-9-19-26;/h1-19H,20-21H2;1H/q+1;/p-1. The molecule has 0 aliphatic carbocycles. The molecule has 0 amide bonds. The largest absolute Gasteiger partial charge is 1.00 e. The van der Waals surface area contributed by atoms with Crippen LogP contribution in [0.25, 0.3) is 0 Å². The van der Waals surface area contributed by atoms with E-state index in [2.05, 4.69) is 115 Å². The highest BCUT2D eigenvalue weighted by Crippen LogP contribution is 2.58. The van der Waals surface area contributed by atoms with Crippen molar-refractivity contribution >= 4 is 34.8 Å². The van der Waals surface area contributed by atoms with E-state index < -0.39 is 7.26 Å². The van der Waals surface area contributed by atoms with Crippen LogP contribution in [0.2, 0.25) is 0 Å². The predicted molar refractivity (Wildman–Crippen MR) is 125 cm³/mol. The van der Waals surface area contributed by atoms with Crippen molar-refractivity contribution < 1.29 is 12.4 Å². The number of halogens is 2. The molecule has 0 saturated carbocycles. The second kappa shape index (κ2) is 10.1. The molecule has 0 heterocycles. The van der Waals surface area contributed by atoms with Gasteiger partial charge in [0.2, 0.25) is 0 Å². The second-order valence-electron chi connectivity index (χ2n) is 6.88. The van der Waals surface area contributed by atoms with Gasteiger partial charge in [0, 0.05) is 5.88 Å². The maximum Gasteiger partial charge on any atom is 0.116 e. The first kappa shape index (κ1) is 21.6. The fourth-order valence-electron chi connectivity index (χ4n) is 3.87. The van der Waals surface area contributed by atoms with E-state index in [-0.39, 0.29) is 12.4 Å². The topological polar surface area (TPSA) is 0 Å². The first-order chi connectivity index (χ1) is 13.8. The molecule has 0 fully saturated rings. The Morgan fingerprint density at radius 1 is 0.483 bits per heavy atom. The van der Waals surface area contributed by atoms with Crippen molar-refractivity contribution in [2.24, 2.45) is 0 Å². The van der Waals surface area contributed by atoms with Crippen LogP contribution in [0.1, 0.15) is 11.1 Å². The molecule has 146 valence electrons. The van der Waals surface area contributed by atoms with Gasteiger partial charge in [0.1, 0.15) is 23.2 Å². The predicted octanol–water partition coefficient (Wildman–Crippen LogP) is 2.92. The zero-order chi connectivity index (χ0) is 19.2. The Morgan fingerprint density at radius 3 is 1.21 bits per heavy atom. The summed E-state index contributed by atoms with van der Waals surface area (Å²) in [7, 11) is -1.87. The Balaban J connectivity index is 0.00000240. The van der Waals surface area contributed by atoms with Gasteiger partial charge in [-0.2, -0.15) is 0 Å². The van der Waals surface area contributed by atoms with E-state index in [4.69, 9.17) is 11.6 Å². The maximum atomic E-state index is 6.31. The molecule has 0 radical (unpaired) electrons. The molecule has 0 N–H and O–H groups in total. The molecule has 0 unspecified atom stereocenters. The lowest BCUT2D eigenvalue weighted by Crippen LogP contribution is -3.00. The Hall–Kier alpha value is -2.11. The van der Waals surface area contributed by atoms with E-state index in [9.17, 15) is 0 Å². The molecule has 3 heteroatoms. The smallest absolute Gasteiger partial charge is 0.116 e. The summed E-state index contributed by atoms with van der Waals surface area (Å²) in [6, 6.07) is 41.6. The van der Waals surface area contributed by atoms with Gasteiger partial charge in [-0.1, -0.05) is 78.9 Å². The van der Waals surface area contributed by atoms with Crippen LogP contribution in [-0.2, 0) is 12.0 Å². The van der Waals surface area contributed by atoms with Crippen LogP contribution in [0, 0.1) is 0 Å².